The van der Waals surface area contributed by atoms with Crippen LogP contribution in [0.15, 0.2) is 0 Å². The Hall–Kier alpha value is -0.770. The lowest BCUT2D eigenvalue weighted by atomic mass is 10.0. The molecule has 1 fully saturated rings. The number of hydrogen-bond donors (Lipinski definition) is 2. The standard InChI is InChI=1S/C11H23N3O/c1-3-10(7-12)13-11(15)14-6-4-5-9(2)8-14/h9-10H,3-8,12H2,1-2H3,(H,13,15). The Balaban J connectivity index is 2.38. The third-order valence-electron chi connectivity index (χ3n) is 3.05. The van der Waals surface area contributed by atoms with Crippen molar-refractivity contribution in [2.75, 3.05) is 19.6 Å². The molecular formula is C11H23N3O. The number of amides is 2. The Bertz CT molecular complexity index is 204. The van der Waals surface area contributed by atoms with Crippen LogP contribution in [0.3, 0.4) is 0 Å². The SMILES string of the molecule is CCC(CN)NC(=O)N1CCCC(C)C1. The van der Waals surface area contributed by atoms with Crippen LogP contribution in [0, 0.1) is 5.92 Å². The summed E-state index contributed by atoms with van der Waals surface area (Å²) in [4.78, 5) is 13.7. The summed E-state index contributed by atoms with van der Waals surface area (Å²) in [7, 11) is 0. The van der Waals surface area contributed by atoms with Crippen molar-refractivity contribution in [3.8, 4) is 0 Å². The summed E-state index contributed by atoms with van der Waals surface area (Å²) < 4.78 is 0. The van der Waals surface area contributed by atoms with Gasteiger partial charge in [-0.1, -0.05) is 13.8 Å². The van der Waals surface area contributed by atoms with Gasteiger partial charge in [-0.25, -0.2) is 4.79 Å². The van der Waals surface area contributed by atoms with Crippen LogP contribution in [0.5, 0.6) is 0 Å². The molecule has 88 valence electrons. The molecule has 1 aliphatic heterocycles. The lowest BCUT2D eigenvalue weighted by Gasteiger charge is -2.32. The van der Waals surface area contributed by atoms with E-state index < -0.39 is 0 Å². The third kappa shape index (κ3) is 3.70. The summed E-state index contributed by atoms with van der Waals surface area (Å²) in [5, 5.41) is 2.97. The number of nitrogens with two attached hydrogens (primary N) is 1. The molecule has 0 bridgehead atoms. The molecule has 0 saturated carbocycles. The zero-order chi connectivity index (χ0) is 11.3. The van der Waals surface area contributed by atoms with Gasteiger partial charge in [0.1, 0.15) is 0 Å². The molecule has 15 heavy (non-hydrogen) atoms. The van der Waals surface area contributed by atoms with E-state index in [0.29, 0.717) is 12.5 Å². The number of carbonyl (C=O) groups is 1. The van der Waals surface area contributed by atoms with E-state index in [9.17, 15) is 4.79 Å². The Labute approximate surface area is 92.2 Å². The summed E-state index contributed by atoms with van der Waals surface area (Å²) in [6.45, 7) is 6.52. The van der Waals surface area contributed by atoms with Crippen LogP contribution >= 0.6 is 0 Å². The highest BCUT2D eigenvalue weighted by Crippen LogP contribution is 2.15. The van der Waals surface area contributed by atoms with Crippen molar-refractivity contribution < 1.29 is 4.79 Å². The lowest BCUT2D eigenvalue weighted by molar-refractivity contribution is 0.166. The van der Waals surface area contributed by atoms with Crippen molar-refractivity contribution in [3.05, 3.63) is 0 Å². The largest absolute Gasteiger partial charge is 0.334 e. The number of rotatable bonds is 3. The van der Waals surface area contributed by atoms with Crippen molar-refractivity contribution in [2.45, 2.75) is 39.2 Å². The van der Waals surface area contributed by atoms with Gasteiger partial charge in [-0.05, 0) is 25.2 Å². The highest BCUT2D eigenvalue weighted by molar-refractivity contribution is 5.74. The van der Waals surface area contributed by atoms with Gasteiger partial charge in [0.2, 0.25) is 0 Å². The molecule has 1 saturated heterocycles. The van der Waals surface area contributed by atoms with E-state index in [2.05, 4.69) is 12.2 Å². The van der Waals surface area contributed by atoms with Crippen molar-refractivity contribution in [1.29, 1.82) is 0 Å². The lowest BCUT2D eigenvalue weighted by Crippen LogP contribution is -2.50. The minimum absolute atomic E-state index is 0.0545. The molecule has 1 heterocycles. The molecule has 2 amide bonds. The number of carbonyl (C=O) groups excluding carboxylic acids is 1. The molecule has 2 unspecified atom stereocenters. The average Bonchev–Trinajstić information content (AvgIpc) is 2.25. The quantitative estimate of drug-likeness (QED) is 0.739. The second-order valence-electron chi connectivity index (χ2n) is 4.48. The van der Waals surface area contributed by atoms with Crippen molar-refractivity contribution in [3.63, 3.8) is 0 Å². The van der Waals surface area contributed by atoms with Crippen LogP contribution in [-0.2, 0) is 0 Å². The molecule has 3 N–H and O–H groups in total. The smallest absolute Gasteiger partial charge is 0.317 e. The predicted octanol–water partition coefficient (Wildman–Crippen LogP) is 1.17. The molecule has 1 aliphatic rings. The zero-order valence-corrected chi connectivity index (χ0v) is 9.83. The molecule has 0 spiro atoms. The first-order valence-corrected chi connectivity index (χ1v) is 5.92. The van der Waals surface area contributed by atoms with E-state index in [4.69, 9.17) is 5.73 Å². The van der Waals surface area contributed by atoms with Gasteiger partial charge in [0.25, 0.3) is 0 Å². The second kappa shape index (κ2) is 5.95. The maximum absolute atomic E-state index is 11.8. The number of likely N-dealkylation sites (tertiary alicyclic amines) is 1. The molecule has 4 heteroatoms. The molecular weight excluding hydrogens is 190 g/mol. The third-order valence-corrected chi connectivity index (χ3v) is 3.05. The molecule has 0 aromatic carbocycles. The highest BCUT2D eigenvalue weighted by Gasteiger charge is 2.21. The molecule has 0 aliphatic carbocycles. The van der Waals surface area contributed by atoms with Crippen molar-refractivity contribution in [1.82, 2.24) is 10.2 Å². The Kier molecular flexibility index (Phi) is 4.88. The average molecular weight is 213 g/mol. The number of urea groups is 1. The fourth-order valence-electron chi connectivity index (χ4n) is 1.97. The monoisotopic (exact) mass is 213 g/mol. The first kappa shape index (κ1) is 12.3. The minimum atomic E-state index is 0.0545. The Morgan fingerprint density at radius 2 is 2.40 bits per heavy atom. The number of piperidine rings is 1. The van der Waals surface area contributed by atoms with E-state index in [1.807, 2.05) is 11.8 Å². The van der Waals surface area contributed by atoms with Crippen molar-refractivity contribution in [2.24, 2.45) is 11.7 Å². The highest BCUT2D eigenvalue weighted by atomic mass is 16.2. The first-order chi connectivity index (χ1) is 7.17. The van der Waals surface area contributed by atoms with Crippen molar-refractivity contribution >= 4 is 6.03 Å². The van der Waals surface area contributed by atoms with Gasteiger partial charge in [-0.3, -0.25) is 0 Å². The fourth-order valence-corrected chi connectivity index (χ4v) is 1.97. The van der Waals surface area contributed by atoms with Gasteiger partial charge < -0.3 is 16.0 Å². The van der Waals surface area contributed by atoms with Gasteiger partial charge in [0.15, 0.2) is 0 Å². The van der Waals surface area contributed by atoms with E-state index in [0.717, 1.165) is 25.9 Å². The molecule has 0 radical (unpaired) electrons. The van der Waals surface area contributed by atoms with Crippen LogP contribution in [0.4, 0.5) is 4.79 Å². The van der Waals surface area contributed by atoms with Gasteiger partial charge >= 0.3 is 6.03 Å². The van der Waals surface area contributed by atoms with Crippen LogP contribution in [-0.4, -0.2) is 36.6 Å². The molecule has 0 aromatic heterocycles. The number of hydrogen-bond acceptors (Lipinski definition) is 2. The summed E-state index contributed by atoms with van der Waals surface area (Å²) >= 11 is 0. The fraction of sp³-hybridized carbons (Fsp3) is 0.909. The van der Waals surface area contributed by atoms with Gasteiger partial charge in [-0.2, -0.15) is 0 Å². The summed E-state index contributed by atoms with van der Waals surface area (Å²) in [6, 6.07) is 0.175. The van der Waals surface area contributed by atoms with Crippen LogP contribution in [0.2, 0.25) is 0 Å². The summed E-state index contributed by atoms with van der Waals surface area (Å²) in [5.41, 5.74) is 5.56. The second-order valence-corrected chi connectivity index (χ2v) is 4.48. The molecule has 2 atom stereocenters. The number of nitrogens with zero attached hydrogens (tertiary/aromatic N) is 1. The molecule has 1 rings (SSSR count). The van der Waals surface area contributed by atoms with Gasteiger partial charge in [0, 0.05) is 25.7 Å². The maximum atomic E-state index is 11.8. The van der Waals surface area contributed by atoms with E-state index in [-0.39, 0.29) is 12.1 Å². The Morgan fingerprint density at radius 1 is 1.67 bits per heavy atom. The van der Waals surface area contributed by atoms with Crippen LogP contribution < -0.4 is 11.1 Å². The topological polar surface area (TPSA) is 58.4 Å². The van der Waals surface area contributed by atoms with Crippen LogP contribution in [0.25, 0.3) is 0 Å². The predicted molar refractivity (Wildman–Crippen MR) is 61.6 cm³/mol. The summed E-state index contributed by atoms with van der Waals surface area (Å²) in [5.74, 6) is 0.627. The first-order valence-electron chi connectivity index (χ1n) is 5.92. The maximum Gasteiger partial charge on any atom is 0.317 e. The Morgan fingerprint density at radius 3 is 2.93 bits per heavy atom. The van der Waals surface area contributed by atoms with Crippen LogP contribution in [0.1, 0.15) is 33.1 Å². The van der Waals surface area contributed by atoms with E-state index in [1.165, 1.54) is 6.42 Å². The molecule has 4 nitrogen and oxygen atoms in total. The minimum Gasteiger partial charge on any atom is -0.334 e. The zero-order valence-electron chi connectivity index (χ0n) is 9.83. The van der Waals surface area contributed by atoms with Gasteiger partial charge in [-0.15, -0.1) is 0 Å². The molecule has 0 aromatic rings. The summed E-state index contributed by atoms with van der Waals surface area (Å²) in [6.07, 6.45) is 3.25. The van der Waals surface area contributed by atoms with E-state index >= 15 is 0 Å². The normalized spacial score (nSPS) is 23.7. The number of nitrogens with one attached hydrogen (secondary N) is 1. The van der Waals surface area contributed by atoms with E-state index in [1.54, 1.807) is 0 Å². The van der Waals surface area contributed by atoms with Gasteiger partial charge in [0.05, 0.1) is 0 Å².